The highest BCUT2D eigenvalue weighted by atomic mass is 32.2. The number of fused-ring (bicyclic) bond motifs is 1. The van der Waals surface area contributed by atoms with Crippen molar-refractivity contribution in [2.24, 2.45) is 0 Å². The van der Waals surface area contributed by atoms with E-state index < -0.39 is 22.1 Å². The number of hydrogen-bond donors (Lipinski definition) is 1. The Morgan fingerprint density at radius 2 is 1.85 bits per heavy atom. The molecular formula is C23H27N3O5S2. The first kappa shape index (κ1) is 24.8. The van der Waals surface area contributed by atoms with E-state index in [1.54, 1.807) is 32.9 Å². The third kappa shape index (κ3) is 5.23. The zero-order chi connectivity index (χ0) is 24.3. The summed E-state index contributed by atoms with van der Waals surface area (Å²) in [7, 11) is -3.53. The van der Waals surface area contributed by atoms with Crippen molar-refractivity contribution in [1.82, 2.24) is 14.3 Å². The predicted molar refractivity (Wildman–Crippen MR) is 130 cm³/mol. The maximum Gasteiger partial charge on any atom is 0.331 e. The van der Waals surface area contributed by atoms with Crippen molar-refractivity contribution in [3.63, 3.8) is 0 Å². The molecule has 1 atom stereocenters. The van der Waals surface area contributed by atoms with Gasteiger partial charge in [-0.15, -0.1) is 11.3 Å². The standard InChI is InChI=1S/C23H27N3O5S2/c1-6-26(7-2)33(29,30)18-11-8-17(9-12-18)10-13-19(27)31-15(4)21-24-22(28)20-14(3)16(5)32-23(20)25-21/h8-13,15H,6-7H2,1-5H3,(H,24,25,28)/b13-10+. The van der Waals surface area contributed by atoms with Gasteiger partial charge in [-0.25, -0.2) is 18.2 Å². The van der Waals surface area contributed by atoms with Gasteiger partial charge < -0.3 is 9.72 Å². The zero-order valence-corrected chi connectivity index (χ0v) is 20.8. The summed E-state index contributed by atoms with van der Waals surface area (Å²) < 4.78 is 31.9. The molecule has 0 aliphatic rings. The summed E-state index contributed by atoms with van der Waals surface area (Å²) in [6, 6.07) is 6.27. The second kappa shape index (κ2) is 9.98. The van der Waals surface area contributed by atoms with Crippen molar-refractivity contribution >= 4 is 43.6 Å². The summed E-state index contributed by atoms with van der Waals surface area (Å²) in [6.45, 7) is 9.81. The number of sulfonamides is 1. The summed E-state index contributed by atoms with van der Waals surface area (Å²) in [5.74, 6) is -0.329. The number of hydrogen-bond acceptors (Lipinski definition) is 7. The highest BCUT2D eigenvalue weighted by molar-refractivity contribution is 7.89. The van der Waals surface area contributed by atoms with Gasteiger partial charge in [0.25, 0.3) is 5.56 Å². The van der Waals surface area contributed by atoms with E-state index in [9.17, 15) is 18.0 Å². The first-order valence-corrected chi connectivity index (χ1v) is 12.8. The molecule has 176 valence electrons. The van der Waals surface area contributed by atoms with E-state index in [1.807, 2.05) is 13.8 Å². The van der Waals surface area contributed by atoms with Gasteiger partial charge in [0.15, 0.2) is 11.9 Å². The average molecular weight is 490 g/mol. The Balaban J connectivity index is 1.70. The largest absolute Gasteiger partial charge is 0.451 e. The number of carbonyl (C=O) groups is 1. The van der Waals surface area contributed by atoms with Gasteiger partial charge in [-0.2, -0.15) is 4.31 Å². The summed E-state index contributed by atoms with van der Waals surface area (Å²) in [6.07, 6.45) is 2.04. The molecule has 2 aromatic heterocycles. The van der Waals surface area contributed by atoms with Gasteiger partial charge >= 0.3 is 5.97 Å². The highest BCUT2D eigenvalue weighted by Crippen LogP contribution is 2.27. The van der Waals surface area contributed by atoms with E-state index in [-0.39, 0.29) is 16.3 Å². The van der Waals surface area contributed by atoms with Crippen LogP contribution in [-0.2, 0) is 19.6 Å². The number of thiophene rings is 1. The maximum absolute atomic E-state index is 12.6. The monoisotopic (exact) mass is 489 g/mol. The summed E-state index contributed by atoms with van der Waals surface area (Å²) in [5, 5.41) is 0.561. The van der Waals surface area contributed by atoms with Crippen molar-refractivity contribution in [3.8, 4) is 0 Å². The molecule has 0 bridgehead atoms. The molecule has 3 rings (SSSR count). The van der Waals surface area contributed by atoms with Gasteiger partial charge in [0, 0.05) is 24.0 Å². The minimum absolute atomic E-state index is 0.198. The fourth-order valence-corrected chi connectivity index (χ4v) is 5.86. The maximum atomic E-state index is 12.6. The molecule has 0 amide bonds. The lowest BCUT2D eigenvalue weighted by atomic mass is 10.2. The third-order valence-corrected chi connectivity index (χ3v) is 8.54. The van der Waals surface area contributed by atoms with E-state index in [1.165, 1.54) is 39.9 Å². The van der Waals surface area contributed by atoms with Crippen LogP contribution in [-0.4, -0.2) is 41.7 Å². The molecule has 0 saturated carbocycles. The molecule has 10 heteroatoms. The molecular weight excluding hydrogens is 462 g/mol. The van der Waals surface area contributed by atoms with Crippen LogP contribution in [0.5, 0.6) is 0 Å². The molecule has 1 N–H and O–H groups in total. The van der Waals surface area contributed by atoms with Crippen molar-refractivity contribution in [2.45, 2.75) is 45.6 Å². The van der Waals surface area contributed by atoms with Crippen LogP contribution in [0, 0.1) is 13.8 Å². The topological polar surface area (TPSA) is 109 Å². The van der Waals surface area contributed by atoms with Crippen LogP contribution in [0.15, 0.2) is 40.0 Å². The Kier molecular flexibility index (Phi) is 7.51. The lowest BCUT2D eigenvalue weighted by molar-refractivity contribution is -0.142. The van der Waals surface area contributed by atoms with Crippen molar-refractivity contribution in [1.29, 1.82) is 0 Å². The zero-order valence-electron chi connectivity index (χ0n) is 19.2. The van der Waals surface area contributed by atoms with Crippen LogP contribution in [0.25, 0.3) is 16.3 Å². The van der Waals surface area contributed by atoms with Gasteiger partial charge in [0.05, 0.1) is 10.3 Å². The molecule has 2 heterocycles. The normalized spacial score (nSPS) is 13.2. The van der Waals surface area contributed by atoms with Gasteiger partial charge in [0.1, 0.15) is 4.83 Å². The van der Waals surface area contributed by atoms with E-state index in [2.05, 4.69) is 9.97 Å². The summed E-state index contributed by atoms with van der Waals surface area (Å²) in [5.41, 5.74) is 1.30. The molecule has 1 unspecified atom stereocenters. The smallest absolute Gasteiger partial charge is 0.331 e. The number of aryl methyl sites for hydroxylation is 2. The van der Waals surface area contributed by atoms with E-state index in [4.69, 9.17) is 4.74 Å². The van der Waals surface area contributed by atoms with Crippen LogP contribution in [0.2, 0.25) is 0 Å². The first-order valence-electron chi connectivity index (χ1n) is 10.6. The molecule has 3 aromatic rings. The number of aromatic amines is 1. The lowest BCUT2D eigenvalue weighted by Crippen LogP contribution is -2.30. The van der Waals surface area contributed by atoms with Crippen LogP contribution in [0.1, 0.15) is 48.7 Å². The molecule has 0 aliphatic heterocycles. The highest BCUT2D eigenvalue weighted by Gasteiger charge is 2.21. The molecule has 0 saturated heterocycles. The quantitative estimate of drug-likeness (QED) is 0.379. The fourth-order valence-electron chi connectivity index (χ4n) is 3.36. The number of rotatable bonds is 8. The van der Waals surface area contributed by atoms with Gasteiger partial charge in [-0.05, 0) is 50.1 Å². The van der Waals surface area contributed by atoms with Gasteiger partial charge in [-0.3, -0.25) is 4.79 Å². The van der Waals surface area contributed by atoms with Crippen molar-refractivity contribution < 1.29 is 17.9 Å². The summed E-state index contributed by atoms with van der Waals surface area (Å²) in [4.78, 5) is 33.7. The number of H-pyrrole nitrogens is 1. The Morgan fingerprint density at radius 3 is 2.45 bits per heavy atom. The number of carbonyl (C=O) groups excluding carboxylic acids is 1. The Labute approximate surface area is 197 Å². The van der Waals surface area contributed by atoms with Crippen LogP contribution >= 0.6 is 11.3 Å². The predicted octanol–water partition coefficient (Wildman–Crippen LogP) is 3.95. The van der Waals surface area contributed by atoms with E-state index >= 15 is 0 Å². The van der Waals surface area contributed by atoms with E-state index in [0.29, 0.717) is 28.9 Å². The Morgan fingerprint density at radius 1 is 1.21 bits per heavy atom. The third-order valence-electron chi connectivity index (χ3n) is 5.37. The minimum Gasteiger partial charge on any atom is -0.451 e. The van der Waals surface area contributed by atoms with Gasteiger partial charge in [0.2, 0.25) is 10.0 Å². The Bertz CT molecular complexity index is 1350. The molecule has 1 aromatic carbocycles. The molecule has 0 fully saturated rings. The number of benzene rings is 1. The average Bonchev–Trinajstić information content (AvgIpc) is 3.07. The van der Waals surface area contributed by atoms with Crippen LogP contribution in [0.3, 0.4) is 0 Å². The molecule has 0 aliphatic carbocycles. The second-order valence-corrected chi connectivity index (χ2v) is 10.6. The number of aromatic nitrogens is 2. The number of esters is 1. The van der Waals surface area contributed by atoms with Crippen LogP contribution in [0.4, 0.5) is 0 Å². The van der Waals surface area contributed by atoms with E-state index in [0.717, 1.165) is 10.4 Å². The molecule has 0 spiro atoms. The molecule has 33 heavy (non-hydrogen) atoms. The van der Waals surface area contributed by atoms with Crippen LogP contribution < -0.4 is 5.56 Å². The first-order chi connectivity index (χ1) is 15.6. The number of nitrogens with zero attached hydrogens (tertiary/aromatic N) is 2. The second-order valence-electron chi connectivity index (χ2n) is 7.49. The minimum atomic E-state index is -3.53. The molecule has 0 radical (unpaired) electrons. The number of ether oxygens (including phenoxy) is 1. The SMILES string of the molecule is CCN(CC)S(=O)(=O)c1ccc(/C=C/C(=O)OC(C)c2nc3sc(C)c(C)c3c(=O)[nH]2)cc1. The Hall–Kier alpha value is -2.82. The van der Waals surface area contributed by atoms with Crippen molar-refractivity contribution in [3.05, 3.63) is 62.5 Å². The van der Waals surface area contributed by atoms with Gasteiger partial charge in [-0.1, -0.05) is 26.0 Å². The molecule has 8 nitrogen and oxygen atoms in total. The number of nitrogens with one attached hydrogen (secondary N) is 1. The lowest BCUT2D eigenvalue weighted by Gasteiger charge is -2.18. The van der Waals surface area contributed by atoms with Crippen molar-refractivity contribution in [2.75, 3.05) is 13.1 Å². The fraction of sp³-hybridized carbons (Fsp3) is 0.348. The summed E-state index contributed by atoms with van der Waals surface area (Å²) >= 11 is 1.43.